The van der Waals surface area contributed by atoms with Crippen LogP contribution in [0.25, 0.3) is 0 Å². The van der Waals surface area contributed by atoms with Gasteiger partial charge < -0.3 is 15.6 Å². The van der Waals surface area contributed by atoms with Gasteiger partial charge in [-0.3, -0.25) is 0 Å². The minimum absolute atomic E-state index is 0.202. The fourth-order valence-electron chi connectivity index (χ4n) is 1.42. The van der Waals surface area contributed by atoms with Crippen LogP contribution in [-0.2, 0) is 16.1 Å². The molecule has 1 atom stereocenters. The Hall–Kier alpha value is -1.39. The van der Waals surface area contributed by atoms with E-state index in [0.717, 1.165) is 18.4 Å². The summed E-state index contributed by atoms with van der Waals surface area (Å²) in [6.45, 7) is 0.777. The summed E-state index contributed by atoms with van der Waals surface area (Å²) in [5, 5.41) is 9.51. The van der Waals surface area contributed by atoms with Crippen molar-refractivity contribution < 1.29 is 14.6 Å². The Morgan fingerprint density at radius 1 is 1.29 bits per heavy atom. The van der Waals surface area contributed by atoms with Gasteiger partial charge in [-0.05, 0) is 31.4 Å². The SMILES string of the molecule is NCCCCC(O)C(=O)OCc1ccccc1. The normalized spacial score (nSPS) is 12.1. The molecule has 1 aromatic rings. The van der Waals surface area contributed by atoms with Crippen LogP contribution < -0.4 is 5.73 Å². The molecule has 0 aliphatic heterocycles. The number of carbonyl (C=O) groups excluding carboxylic acids is 1. The predicted octanol–water partition coefficient (Wildman–Crippen LogP) is 1.22. The number of hydrogen-bond donors (Lipinski definition) is 2. The highest BCUT2D eigenvalue weighted by molar-refractivity contribution is 5.74. The Labute approximate surface area is 101 Å². The van der Waals surface area contributed by atoms with E-state index in [1.807, 2.05) is 30.3 Å². The van der Waals surface area contributed by atoms with E-state index in [4.69, 9.17) is 10.5 Å². The predicted molar refractivity (Wildman–Crippen MR) is 65.2 cm³/mol. The zero-order valence-electron chi connectivity index (χ0n) is 9.84. The van der Waals surface area contributed by atoms with E-state index >= 15 is 0 Å². The van der Waals surface area contributed by atoms with Gasteiger partial charge in [-0.25, -0.2) is 4.79 Å². The molecule has 94 valence electrons. The molecule has 3 N–H and O–H groups in total. The van der Waals surface area contributed by atoms with Gasteiger partial charge in [0.05, 0.1) is 0 Å². The third kappa shape index (κ3) is 5.47. The van der Waals surface area contributed by atoms with Gasteiger partial charge in [-0.15, -0.1) is 0 Å². The Morgan fingerprint density at radius 2 is 2.00 bits per heavy atom. The van der Waals surface area contributed by atoms with Gasteiger partial charge in [0.1, 0.15) is 6.61 Å². The van der Waals surface area contributed by atoms with Crippen LogP contribution in [0.1, 0.15) is 24.8 Å². The highest BCUT2D eigenvalue weighted by atomic mass is 16.5. The second-order valence-corrected chi connectivity index (χ2v) is 3.89. The van der Waals surface area contributed by atoms with E-state index in [-0.39, 0.29) is 6.61 Å². The molecule has 0 fully saturated rings. The molecule has 4 nitrogen and oxygen atoms in total. The lowest BCUT2D eigenvalue weighted by molar-refractivity contribution is -0.155. The minimum Gasteiger partial charge on any atom is -0.459 e. The maximum absolute atomic E-state index is 11.4. The molecule has 0 aliphatic carbocycles. The van der Waals surface area contributed by atoms with Crippen molar-refractivity contribution in [3.63, 3.8) is 0 Å². The van der Waals surface area contributed by atoms with Gasteiger partial charge in [-0.2, -0.15) is 0 Å². The summed E-state index contributed by atoms with van der Waals surface area (Å²) in [7, 11) is 0. The highest BCUT2D eigenvalue weighted by Crippen LogP contribution is 2.05. The van der Waals surface area contributed by atoms with E-state index < -0.39 is 12.1 Å². The number of aliphatic hydroxyl groups is 1. The van der Waals surface area contributed by atoms with Crippen molar-refractivity contribution in [1.82, 2.24) is 0 Å². The van der Waals surface area contributed by atoms with Crippen molar-refractivity contribution in [3.8, 4) is 0 Å². The summed E-state index contributed by atoms with van der Waals surface area (Å²) >= 11 is 0. The average molecular weight is 237 g/mol. The fourth-order valence-corrected chi connectivity index (χ4v) is 1.42. The Bertz CT molecular complexity index is 327. The molecule has 1 unspecified atom stereocenters. The lowest BCUT2D eigenvalue weighted by Gasteiger charge is -2.10. The zero-order chi connectivity index (χ0) is 12.5. The van der Waals surface area contributed by atoms with Crippen molar-refractivity contribution in [2.75, 3.05) is 6.54 Å². The van der Waals surface area contributed by atoms with Crippen LogP contribution in [0.3, 0.4) is 0 Å². The topological polar surface area (TPSA) is 72.5 Å². The van der Waals surface area contributed by atoms with Crippen LogP contribution in [-0.4, -0.2) is 23.7 Å². The summed E-state index contributed by atoms with van der Waals surface area (Å²) in [6, 6.07) is 9.39. The Balaban J connectivity index is 2.24. The molecular weight excluding hydrogens is 218 g/mol. The van der Waals surface area contributed by atoms with Crippen molar-refractivity contribution in [2.45, 2.75) is 32.0 Å². The van der Waals surface area contributed by atoms with Crippen molar-refractivity contribution >= 4 is 5.97 Å². The van der Waals surface area contributed by atoms with Crippen LogP contribution in [0.2, 0.25) is 0 Å². The molecule has 1 aromatic carbocycles. The largest absolute Gasteiger partial charge is 0.459 e. The zero-order valence-corrected chi connectivity index (χ0v) is 9.84. The van der Waals surface area contributed by atoms with E-state index in [2.05, 4.69) is 0 Å². The number of ether oxygens (including phenoxy) is 1. The maximum atomic E-state index is 11.4. The number of aliphatic hydroxyl groups excluding tert-OH is 1. The Kier molecular flexibility index (Phi) is 6.29. The molecule has 17 heavy (non-hydrogen) atoms. The number of rotatable bonds is 7. The highest BCUT2D eigenvalue weighted by Gasteiger charge is 2.15. The molecule has 0 radical (unpaired) electrons. The molecule has 0 spiro atoms. The van der Waals surface area contributed by atoms with Gasteiger partial charge in [0.2, 0.25) is 0 Å². The first kappa shape index (κ1) is 13.7. The van der Waals surface area contributed by atoms with E-state index in [9.17, 15) is 9.90 Å². The first-order valence-electron chi connectivity index (χ1n) is 5.82. The molecule has 0 saturated carbocycles. The van der Waals surface area contributed by atoms with E-state index in [1.165, 1.54) is 0 Å². The first-order chi connectivity index (χ1) is 8.24. The molecule has 0 heterocycles. The molecule has 0 aliphatic rings. The first-order valence-corrected chi connectivity index (χ1v) is 5.82. The second kappa shape index (κ2) is 7.81. The van der Waals surface area contributed by atoms with Crippen LogP contribution >= 0.6 is 0 Å². The minimum atomic E-state index is -1.04. The Morgan fingerprint density at radius 3 is 2.65 bits per heavy atom. The molecule has 4 heteroatoms. The smallest absolute Gasteiger partial charge is 0.335 e. The van der Waals surface area contributed by atoms with Gasteiger partial charge in [0.15, 0.2) is 6.10 Å². The van der Waals surface area contributed by atoms with Crippen LogP contribution in [0, 0.1) is 0 Å². The summed E-state index contributed by atoms with van der Waals surface area (Å²) in [5.41, 5.74) is 6.24. The number of esters is 1. The van der Waals surface area contributed by atoms with Gasteiger partial charge >= 0.3 is 5.97 Å². The number of nitrogens with two attached hydrogens (primary N) is 1. The molecular formula is C13H19NO3. The number of hydrogen-bond acceptors (Lipinski definition) is 4. The van der Waals surface area contributed by atoms with Crippen molar-refractivity contribution in [3.05, 3.63) is 35.9 Å². The summed E-state index contributed by atoms with van der Waals surface area (Å²) in [4.78, 5) is 11.4. The molecule has 0 saturated heterocycles. The van der Waals surface area contributed by atoms with E-state index in [1.54, 1.807) is 0 Å². The van der Waals surface area contributed by atoms with Crippen LogP contribution in [0.5, 0.6) is 0 Å². The van der Waals surface area contributed by atoms with Gasteiger partial charge in [0, 0.05) is 0 Å². The quantitative estimate of drug-likeness (QED) is 0.552. The third-order valence-corrected chi connectivity index (χ3v) is 2.43. The fraction of sp³-hybridized carbons (Fsp3) is 0.462. The summed E-state index contributed by atoms with van der Waals surface area (Å²) in [6.07, 6.45) is 0.914. The van der Waals surface area contributed by atoms with Gasteiger partial charge in [0.25, 0.3) is 0 Å². The summed E-state index contributed by atoms with van der Waals surface area (Å²) in [5.74, 6) is -0.564. The second-order valence-electron chi connectivity index (χ2n) is 3.89. The molecule has 1 rings (SSSR count). The number of carbonyl (C=O) groups is 1. The standard InChI is InChI=1S/C13H19NO3/c14-9-5-4-8-12(15)13(16)17-10-11-6-2-1-3-7-11/h1-3,6-7,12,15H,4-5,8-10,14H2. The van der Waals surface area contributed by atoms with Gasteiger partial charge in [-0.1, -0.05) is 30.3 Å². The lowest BCUT2D eigenvalue weighted by atomic mass is 10.1. The lowest BCUT2D eigenvalue weighted by Crippen LogP contribution is -2.23. The van der Waals surface area contributed by atoms with E-state index in [0.29, 0.717) is 13.0 Å². The monoisotopic (exact) mass is 237 g/mol. The molecule has 0 bridgehead atoms. The van der Waals surface area contributed by atoms with Crippen LogP contribution in [0.4, 0.5) is 0 Å². The van der Waals surface area contributed by atoms with Crippen molar-refractivity contribution in [2.24, 2.45) is 5.73 Å². The maximum Gasteiger partial charge on any atom is 0.335 e. The number of benzene rings is 1. The average Bonchev–Trinajstić information content (AvgIpc) is 2.37. The summed E-state index contributed by atoms with van der Waals surface area (Å²) < 4.78 is 5.00. The van der Waals surface area contributed by atoms with Crippen molar-refractivity contribution in [1.29, 1.82) is 0 Å². The number of unbranched alkanes of at least 4 members (excludes halogenated alkanes) is 1. The third-order valence-electron chi connectivity index (χ3n) is 2.43. The van der Waals surface area contributed by atoms with Crippen LogP contribution in [0.15, 0.2) is 30.3 Å². The molecule has 0 amide bonds. The molecule has 0 aromatic heterocycles.